The van der Waals surface area contributed by atoms with E-state index in [-0.39, 0.29) is 6.10 Å². The lowest BCUT2D eigenvalue weighted by molar-refractivity contribution is 0.242. The van der Waals surface area contributed by atoms with Gasteiger partial charge in [0.25, 0.3) is 0 Å². The minimum atomic E-state index is 0.234. The predicted molar refractivity (Wildman–Crippen MR) is 86.2 cm³/mol. The minimum absolute atomic E-state index is 0.234. The molecule has 0 aliphatic rings. The van der Waals surface area contributed by atoms with Crippen LogP contribution in [-0.4, -0.2) is 24.2 Å². The predicted octanol–water partition coefficient (Wildman–Crippen LogP) is 4.27. The zero-order valence-electron chi connectivity index (χ0n) is 12.6. The number of hydrogen-bond donors (Lipinski definition) is 1. The Balaban J connectivity index is 2.33. The lowest BCUT2D eigenvalue weighted by atomic mass is 10.1. The van der Waals surface area contributed by atoms with Crippen molar-refractivity contribution >= 4 is 11.8 Å². The van der Waals surface area contributed by atoms with Crippen LogP contribution in [0.15, 0.2) is 24.3 Å². The second kappa shape index (κ2) is 9.27. The van der Waals surface area contributed by atoms with E-state index in [0.717, 1.165) is 12.3 Å². The summed E-state index contributed by atoms with van der Waals surface area (Å²) < 4.78 is 5.65. The Morgan fingerprint density at radius 2 is 1.84 bits per heavy atom. The first-order valence-corrected chi connectivity index (χ1v) is 8.36. The molecule has 0 fully saturated rings. The lowest BCUT2D eigenvalue weighted by Crippen LogP contribution is -2.20. The molecule has 1 aromatic rings. The van der Waals surface area contributed by atoms with E-state index in [1.54, 1.807) is 0 Å². The zero-order valence-corrected chi connectivity index (χ0v) is 13.4. The van der Waals surface area contributed by atoms with E-state index < -0.39 is 0 Å². The molecule has 1 rings (SSSR count). The molecular formula is C16H27NOS. The highest BCUT2D eigenvalue weighted by Crippen LogP contribution is 2.18. The van der Waals surface area contributed by atoms with Crippen LogP contribution < -0.4 is 10.1 Å². The summed E-state index contributed by atoms with van der Waals surface area (Å²) in [4.78, 5) is 0. The topological polar surface area (TPSA) is 21.3 Å². The molecule has 1 aromatic carbocycles. The summed E-state index contributed by atoms with van der Waals surface area (Å²) in [5.74, 6) is 3.41. The first-order valence-electron chi connectivity index (χ1n) is 7.21. The number of ether oxygens (including phenoxy) is 1. The molecule has 2 nitrogen and oxygen atoms in total. The van der Waals surface area contributed by atoms with Crippen LogP contribution in [0.4, 0.5) is 0 Å². The molecule has 0 aliphatic carbocycles. The fourth-order valence-corrected chi connectivity index (χ4v) is 2.50. The molecule has 0 aliphatic heterocycles. The molecule has 108 valence electrons. The summed E-state index contributed by atoms with van der Waals surface area (Å²) in [6.07, 6.45) is 1.47. The molecule has 0 spiro atoms. The van der Waals surface area contributed by atoms with Gasteiger partial charge in [-0.05, 0) is 62.9 Å². The summed E-state index contributed by atoms with van der Waals surface area (Å²) in [6.45, 7) is 9.60. The van der Waals surface area contributed by atoms with Gasteiger partial charge in [0.1, 0.15) is 5.75 Å². The highest BCUT2D eigenvalue weighted by atomic mass is 32.2. The fourth-order valence-electron chi connectivity index (χ4n) is 1.86. The van der Waals surface area contributed by atoms with Crippen molar-refractivity contribution in [1.82, 2.24) is 5.32 Å². The van der Waals surface area contributed by atoms with Gasteiger partial charge in [0.15, 0.2) is 0 Å². The third-order valence-corrected chi connectivity index (χ3v) is 3.86. The Hall–Kier alpha value is -0.670. The SMILES string of the molecule is CCSCCCNC(C)c1ccc(OC(C)C)cc1. The molecule has 1 N–H and O–H groups in total. The second-order valence-electron chi connectivity index (χ2n) is 4.96. The number of hydrogen-bond acceptors (Lipinski definition) is 3. The van der Waals surface area contributed by atoms with Crippen molar-refractivity contribution in [3.05, 3.63) is 29.8 Å². The average Bonchev–Trinajstić information content (AvgIpc) is 2.38. The van der Waals surface area contributed by atoms with Gasteiger partial charge in [-0.15, -0.1) is 0 Å². The van der Waals surface area contributed by atoms with Gasteiger partial charge in [-0.3, -0.25) is 0 Å². The first-order chi connectivity index (χ1) is 9.13. The molecule has 1 atom stereocenters. The summed E-state index contributed by atoms with van der Waals surface area (Å²) in [7, 11) is 0. The molecule has 0 saturated heterocycles. The van der Waals surface area contributed by atoms with E-state index in [9.17, 15) is 0 Å². The van der Waals surface area contributed by atoms with E-state index in [1.165, 1.54) is 23.5 Å². The molecule has 0 aromatic heterocycles. The Morgan fingerprint density at radius 3 is 2.42 bits per heavy atom. The quantitative estimate of drug-likeness (QED) is 0.683. The van der Waals surface area contributed by atoms with E-state index in [2.05, 4.69) is 43.4 Å². The van der Waals surface area contributed by atoms with Gasteiger partial charge in [0.05, 0.1) is 6.10 Å². The third kappa shape index (κ3) is 6.88. The van der Waals surface area contributed by atoms with Crippen molar-refractivity contribution in [3.63, 3.8) is 0 Å². The maximum Gasteiger partial charge on any atom is 0.119 e. The molecule has 0 bridgehead atoms. The standard InChI is InChI=1S/C16H27NOS/c1-5-19-12-6-11-17-14(4)15-7-9-16(10-8-15)18-13(2)3/h7-10,13-14,17H,5-6,11-12H2,1-4H3. The van der Waals surface area contributed by atoms with Crippen LogP contribution in [0.5, 0.6) is 5.75 Å². The molecule has 0 heterocycles. The van der Waals surface area contributed by atoms with Crippen LogP contribution in [0.1, 0.15) is 45.7 Å². The molecule has 19 heavy (non-hydrogen) atoms. The Labute approximate surface area is 122 Å². The molecule has 0 radical (unpaired) electrons. The van der Waals surface area contributed by atoms with Crippen molar-refractivity contribution in [1.29, 1.82) is 0 Å². The number of nitrogens with one attached hydrogen (secondary N) is 1. The van der Waals surface area contributed by atoms with Crippen LogP contribution in [0.3, 0.4) is 0 Å². The number of benzene rings is 1. The normalized spacial score (nSPS) is 12.7. The third-order valence-electron chi connectivity index (χ3n) is 2.87. The zero-order chi connectivity index (χ0) is 14.1. The van der Waals surface area contributed by atoms with Gasteiger partial charge in [-0.1, -0.05) is 19.1 Å². The van der Waals surface area contributed by atoms with Crippen molar-refractivity contribution in [2.24, 2.45) is 0 Å². The van der Waals surface area contributed by atoms with E-state index in [4.69, 9.17) is 4.74 Å². The van der Waals surface area contributed by atoms with Crippen molar-refractivity contribution in [2.45, 2.75) is 46.3 Å². The minimum Gasteiger partial charge on any atom is -0.491 e. The summed E-state index contributed by atoms with van der Waals surface area (Å²) in [5.41, 5.74) is 1.32. The van der Waals surface area contributed by atoms with Crippen LogP contribution in [0.25, 0.3) is 0 Å². The van der Waals surface area contributed by atoms with Crippen LogP contribution in [0, 0.1) is 0 Å². The molecule has 1 unspecified atom stereocenters. The average molecular weight is 281 g/mol. The first kappa shape index (κ1) is 16.4. The largest absolute Gasteiger partial charge is 0.491 e. The Bertz CT molecular complexity index is 337. The number of rotatable bonds is 9. The lowest BCUT2D eigenvalue weighted by Gasteiger charge is -2.15. The van der Waals surface area contributed by atoms with Gasteiger partial charge >= 0.3 is 0 Å². The maximum atomic E-state index is 5.65. The fraction of sp³-hybridized carbons (Fsp3) is 0.625. The highest BCUT2D eigenvalue weighted by molar-refractivity contribution is 7.99. The van der Waals surface area contributed by atoms with Crippen molar-refractivity contribution in [2.75, 3.05) is 18.1 Å². The van der Waals surface area contributed by atoms with Crippen LogP contribution >= 0.6 is 11.8 Å². The van der Waals surface area contributed by atoms with E-state index >= 15 is 0 Å². The molecule has 0 amide bonds. The van der Waals surface area contributed by atoms with Gasteiger partial charge in [0.2, 0.25) is 0 Å². The number of thioether (sulfide) groups is 1. The molecule has 0 saturated carbocycles. The van der Waals surface area contributed by atoms with Crippen molar-refractivity contribution in [3.8, 4) is 5.75 Å². The summed E-state index contributed by atoms with van der Waals surface area (Å²) in [5, 5.41) is 3.56. The van der Waals surface area contributed by atoms with Gasteiger partial charge < -0.3 is 10.1 Å². The van der Waals surface area contributed by atoms with Crippen LogP contribution in [0.2, 0.25) is 0 Å². The highest BCUT2D eigenvalue weighted by Gasteiger charge is 2.05. The monoisotopic (exact) mass is 281 g/mol. The smallest absolute Gasteiger partial charge is 0.119 e. The van der Waals surface area contributed by atoms with Crippen molar-refractivity contribution < 1.29 is 4.74 Å². The maximum absolute atomic E-state index is 5.65. The van der Waals surface area contributed by atoms with E-state index in [0.29, 0.717) is 6.04 Å². The Morgan fingerprint density at radius 1 is 1.16 bits per heavy atom. The van der Waals surface area contributed by atoms with Crippen LogP contribution in [-0.2, 0) is 0 Å². The summed E-state index contributed by atoms with van der Waals surface area (Å²) >= 11 is 2.01. The van der Waals surface area contributed by atoms with Gasteiger partial charge in [0, 0.05) is 6.04 Å². The van der Waals surface area contributed by atoms with E-state index in [1.807, 2.05) is 25.6 Å². The van der Waals surface area contributed by atoms with Gasteiger partial charge in [-0.2, -0.15) is 11.8 Å². The summed E-state index contributed by atoms with van der Waals surface area (Å²) in [6, 6.07) is 8.81. The van der Waals surface area contributed by atoms with Gasteiger partial charge in [-0.25, -0.2) is 0 Å². The molecule has 3 heteroatoms. The Kier molecular flexibility index (Phi) is 7.99. The molecular weight excluding hydrogens is 254 g/mol. The second-order valence-corrected chi connectivity index (χ2v) is 6.36.